The van der Waals surface area contributed by atoms with Crippen molar-refractivity contribution in [2.75, 3.05) is 0 Å². The van der Waals surface area contributed by atoms with Crippen LogP contribution in [-0.2, 0) is 12.8 Å². The van der Waals surface area contributed by atoms with Gasteiger partial charge < -0.3 is 0 Å². The van der Waals surface area contributed by atoms with E-state index in [0.29, 0.717) is 0 Å². The van der Waals surface area contributed by atoms with E-state index < -0.39 is 0 Å². The Kier molecular flexibility index (Phi) is 11.2. The lowest BCUT2D eigenvalue weighted by Crippen LogP contribution is -1.83. The summed E-state index contributed by atoms with van der Waals surface area (Å²) in [5.41, 5.74) is 0. The largest absolute Gasteiger partial charge is 0.140 e. The van der Waals surface area contributed by atoms with Gasteiger partial charge in [0.1, 0.15) is 0 Å². The van der Waals surface area contributed by atoms with Gasteiger partial charge in [-0.1, -0.05) is 104 Å². The molecule has 0 fully saturated rings. The van der Waals surface area contributed by atoms with Gasteiger partial charge >= 0.3 is 0 Å². The highest BCUT2D eigenvalue weighted by atomic mass is 32.1. The Labute approximate surface area is 248 Å². The first-order valence-electron chi connectivity index (χ1n) is 16.1. The van der Waals surface area contributed by atoms with Gasteiger partial charge in [0.15, 0.2) is 0 Å². The van der Waals surface area contributed by atoms with Crippen molar-refractivity contribution in [3.8, 4) is 0 Å². The lowest BCUT2D eigenvalue weighted by Gasteiger charge is -2.00. The predicted molar refractivity (Wildman–Crippen MR) is 183 cm³/mol. The van der Waals surface area contributed by atoms with Gasteiger partial charge in [-0.05, 0) is 72.9 Å². The normalized spacial score (nSPS) is 12.2. The molecule has 0 aliphatic carbocycles. The van der Waals surface area contributed by atoms with Crippen molar-refractivity contribution >= 4 is 74.4 Å². The maximum Gasteiger partial charge on any atom is 0.0369 e. The molecule has 0 radical (unpaired) electrons. The van der Waals surface area contributed by atoms with E-state index in [0.717, 1.165) is 0 Å². The average molecular weight is 577 g/mol. The molecule has 3 heteroatoms. The highest BCUT2D eigenvalue weighted by Gasteiger charge is 2.12. The van der Waals surface area contributed by atoms with E-state index in [9.17, 15) is 0 Å². The number of benzene rings is 2. The third kappa shape index (κ3) is 7.86. The molecule has 0 aliphatic heterocycles. The summed E-state index contributed by atoms with van der Waals surface area (Å²) in [4.78, 5) is 3.15. The fraction of sp³-hybridized carbons (Fsp3) is 0.556. The zero-order valence-corrected chi connectivity index (χ0v) is 26.9. The van der Waals surface area contributed by atoms with Crippen LogP contribution in [-0.4, -0.2) is 0 Å². The Morgan fingerprint density at radius 1 is 0.385 bits per heavy atom. The molecule has 5 rings (SSSR count). The molecule has 0 spiro atoms. The zero-order chi connectivity index (χ0) is 26.9. The molecular formula is C36H48S3. The first-order chi connectivity index (χ1) is 19.2. The van der Waals surface area contributed by atoms with Crippen molar-refractivity contribution in [3.05, 3.63) is 46.2 Å². The zero-order valence-electron chi connectivity index (χ0n) is 24.4. The molecule has 0 unspecified atom stereocenters. The lowest BCUT2D eigenvalue weighted by molar-refractivity contribution is 0.576. The number of hydrogen-bond acceptors (Lipinski definition) is 3. The van der Waals surface area contributed by atoms with Crippen LogP contribution in [0.25, 0.3) is 40.3 Å². The lowest BCUT2D eigenvalue weighted by atomic mass is 10.1. The van der Waals surface area contributed by atoms with Crippen LogP contribution >= 0.6 is 34.0 Å². The van der Waals surface area contributed by atoms with Crippen LogP contribution in [0.15, 0.2) is 36.4 Å². The standard InChI is InChI=1S/C36H48S3/c1-3-5-7-9-11-13-15-17-19-29-21-27-23-31-32-24-28-22-30(20-18-16-14-12-10-8-6-4-2)38-34(28)26-36(32)39-35(31)25-33(27)37-29/h21-26H,3-20H2,1-2H3. The maximum atomic E-state index is 2.48. The van der Waals surface area contributed by atoms with E-state index in [1.165, 1.54) is 156 Å². The third-order valence-corrected chi connectivity index (χ3v) is 11.8. The Morgan fingerprint density at radius 3 is 1.18 bits per heavy atom. The number of fused-ring (bicyclic) bond motifs is 5. The highest BCUT2D eigenvalue weighted by Crippen LogP contribution is 2.42. The van der Waals surface area contributed by atoms with Gasteiger partial charge in [0.2, 0.25) is 0 Å². The molecule has 2 aromatic carbocycles. The van der Waals surface area contributed by atoms with Crippen molar-refractivity contribution in [2.24, 2.45) is 0 Å². The first-order valence-corrected chi connectivity index (χ1v) is 18.5. The molecule has 3 aromatic heterocycles. The number of rotatable bonds is 18. The minimum atomic E-state index is 1.25. The quantitative estimate of drug-likeness (QED) is 0.0910. The molecule has 0 saturated heterocycles. The molecule has 3 heterocycles. The fourth-order valence-corrected chi connectivity index (χ4v) is 9.62. The van der Waals surface area contributed by atoms with Crippen molar-refractivity contribution in [3.63, 3.8) is 0 Å². The molecule has 0 amide bonds. The minimum absolute atomic E-state index is 1.25. The van der Waals surface area contributed by atoms with E-state index in [1.807, 2.05) is 34.0 Å². The molecule has 210 valence electrons. The molecule has 0 aliphatic rings. The highest BCUT2D eigenvalue weighted by molar-refractivity contribution is 7.27. The van der Waals surface area contributed by atoms with Crippen LogP contribution in [0.4, 0.5) is 0 Å². The van der Waals surface area contributed by atoms with Gasteiger partial charge in [0.05, 0.1) is 0 Å². The number of thiophene rings is 3. The topological polar surface area (TPSA) is 0 Å². The van der Waals surface area contributed by atoms with Gasteiger partial charge in [0.25, 0.3) is 0 Å². The van der Waals surface area contributed by atoms with Crippen LogP contribution in [0.3, 0.4) is 0 Å². The molecule has 0 N–H and O–H groups in total. The van der Waals surface area contributed by atoms with Gasteiger partial charge in [-0.2, -0.15) is 0 Å². The molecule has 0 bridgehead atoms. The predicted octanol–water partition coefficient (Wildman–Crippen LogP) is 13.9. The van der Waals surface area contributed by atoms with Crippen LogP contribution < -0.4 is 0 Å². The summed E-state index contributed by atoms with van der Waals surface area (Å²) in [6, 6.07) is 14.9. The van der Waals surface area contributed by atoms with Gasteiger partial charge in [-0.15, -0.1) is 34.0 Å². The van der Waals surface area contributed by atoms with Crippen molar-refractivity contribution in [1.29, 1.82) is 0 Å². The summed E-state index contributed by atoms with van der Waals surface area (Å²) in [6.45, 7) is 4.60. The van der Waals surface area contributed by atoms with E-state index >= 15 is 0 Å². The molecule has 39 heavy (non-hydrogen) atoms. The van der Waals surface area contributed by atoms with E-state index in [1.54, 1.807) is 9.75 Å². The maximum absolute atomic E-state index is 2.48. The van der Waals surface area contributed by atoms with Crippen LogP contribution in [0.1, 0.15) is 126 Å². The monoisotopic (exact) mass is 576 g/mol. The number of hydrogen-bond donors (Lipinski definition) is 0. The molecule has 0 atom stereocenters. The van der Waals surface area contributed by atoms with Crippen molar-refractivity contribution in [1.82, 2.24) is 0 Å². The summed E-state index contributed by atoms with van der Waals surface area (Å²) in [5.74, 6) is 0. The number of aryl methyl sites for hydroxylation is 2. The third-order valence-electron chi connectivity index (χ3n) is 8.40. The average Bonchev–Trinajstić information content (AvgIpc) is 3.62. The second-order valence-electron chi connectivity index (χ2n) is 11.7. The smallest absolute Gasteiger partial charge is 0.0369 e. The van der Waals surface area contributed by atoms with E-state index in [2.05, 4.69) is 50.2 Å². The summed E-state index contributed by atoms with van der Waals surface area (Å²) < 4.78 is 5.85. The Hall–Kier alpha value is -1.42. The summed E-state index contributed by atoms with van der Waals surface area (Å²) in [5, 5.41) is 5.80. The van der Waals surface area contributed by atoms with Gasteiger partial charge in [-0.25, -0.2) is 0 Å². The van der Waals surface area contributed by atoms with Gasteiger partial charge in [0, 0.05) is 39.3 Å². The summed E-state index contributed by atoms with van der Waals surface area (Å²) in [6.07, 6.45) is 24.9. The van der Waals surface area contributed by atoms with Crippen LogP contribution in [0, 0.1) is 0 Å². The molecule has 0 nitrogen and oxygen atoms in total. The van der Waals surface area contributed by atoms with E-state index in [4.69, 9.17) is 0 Å². The van der Waals surface area contributed by atoms with Crippen LogP contribution in [0.2, 0.25) is 0 Å². The van der Waals surface area contributed by atoms with Crippen molar-refractivity contribution < 1.29 is 0 Å². The Balaban J connectivity index is 1.19. The summed E-state index contributed by atoms with van der Waals surface area (Å²) in [7, 11) is 0. The van der Waals surface area contributed by atoms with Gasteiger partial charge in [-0.3, -0.25) is 0 Å². The van der Waals surface area contributed by atoms with Crippen molar-refractivity contribution in [2.45, 2.75) is 129 Å². The molecule has 5 aromatic rings. The minimum Gasteiger partial charge on any atom is -0.140 e. The first kappa shape index (κ1) is 29.1. The Morgan fingerprint density at radius 2 is 0.769 bits per heavy atom. The van der Waals surface area contributed by atoms with Crippen LogP contribution in [0.5, 0.6) is 0 Å². The molecule has 0 saturated carbocycles. The Bertz CT molecular complexity index is 1340. The summed E-state index contributed by atoms with van der Waals surface area (Å²) >= 11 is 6.04. The fourth-order valence-electron chi connectivity index (χ4n) is 6.07. The molecular weight excluding hydrogens is 529 g/mol. The van der Waals surface area contributed by atoms with E-state index in [-0.39, 0.29) is 0 Å². The second-order valence-corrected chi connectivity index (χ2v) is 15.2. The second kappa shape index (κ2) is 15.0. The number of unbranched alkanes of at least 4 members (excludes halogenated alkanes) is 14. The SMILES string of the molecule is CCCCCCCCCCc1cc2cc3c(cc2s1)sc1cc2sc(CCCCCCCCCC)cc2cc13.